The zero-order chi connectivity index (χ0) is 15.1. The number of piperidine rings is 1. The Balaban J connectivity index is 1.64. The van der Waals surface area contributed by atoms with Crippen LogP contribution in [0.3, 0.4) is 0 Å². The molecule has 2 aliphatic rings. The van der Waals surface area contributed by atoms with Crippen molar-refractivity contribution in [3.63, 3.8) is 0 Å². The molecule has 2 fully saturated rings. The van der Waals surface area contributed by atoms with Crippen LogP contribution in [0.2, 0.25) is 0 Å². The summed E-state index contributed by atoms with van der Waals surface area (Å²) >= 11 is 0. The van der Waals surface area contributed by atoms with Crippen LogP contribution in [0, 0.1) is 11.8 Å². The van der Waals surface area contributed by atoms with E-state index in [1.165, 1.54) is 19.3 Å². The number of aromatic nitrogens is 2. The molecular weight excluding hydrogens is 274 g/mol. The topological polar surface area (TPSA) is 49.0 Å². The minimum absolute atomic E-state index is 0.184. The SMILES string of the molecule is C[C@@H]1CC[C@@H]2[C@H](CCCN2C(=O)c2c[nH]c3ncccc23)C1. The molecule has 4 nitrogen and oxygen atoms in total. The normalized spacial score (nSPS) is 28.6. The molecule has 3 atom stereocenters. The summed E-state index contributed by atoms with van der Waals surface area (Å²) in [6, 6.07) is 4.32. The second-order valence-electron chi connectivity index (χ2n) is 6.99. The van der Waals surface area contributed by atoms with E-state index in [4.69, 9.17) is 0 Å². The van der Waals surface area contributed by atoms with Gasteiger partial charge in [0, 0.05) is 30.4 Å². The van der Waals surface area contributed by atoms with Gasteiger partial charge >= 0.3 is 0 Å². The average Bonchev–Trinajstić information content (AvgIpc) is 2.97. The molecule has 3 heterocycles. The number of likely N-dealkylation sites (tertiary alicyclic amines) is 1. The number of H-pyrrole nitrogens is 1. The summed E-state index contributed by atoms with van der Waals surface area (Å²) < 4.78 is 0. The molecule has 4 rings (SSSR count). The lowest BCUT2D eigenvalue weighted by Gasteiger charge is -2.45. The van der Waals surface area contributed by atoms with E-state index in [1.54, 1.807) is 6.20 Å². The number of nitrogens with one attached hydrogen (secondary N) is 1. The fraction of sp³-hybridized carbons (Fsp3) is 0.556. The van der Waals surface area contributed by atoms with Crippen LogP contribution < -0.4 is 0 Å². The lowest BCUT2D eigenvalue weighted by atomic mass is 9.74. The third kappa shape index (κ3) is 2.21. The standard InChI is InChI=1S/C18H23N3O/c1-12-6-7-16-13(10-12)4-3-9-21(16)18(22)15-11-20-17-14(15)5-2-8-19-17/h2,5,8,11-13,16H,3-4,6-7,9-10H2,1H3,(H,19,20)/t12-,13-,16-/m1/s1. The van der Waals surface area contributed by atoms with Crippen LogP contribution in [0.25, 0.3) is 11.0 Å². The summed E-state index contributed by atoms with van der Waals surface area (Å²) in [4.78, 5) is 22.7. The number of carbonyl (C=O) groups is 1. The molecule has 1 saturated carbocycles. The number of hydrogen-bond acceptors (Lipinski definition) is 2. The summed E-state index contributed by atoms with van der Waals surface area (Å²) in [6.07, 6.45) is 9.71. The first kappa shape index (κ1) is 13.8. The maximum Gasteiger partial charge on any atom is 0.256 e. The van der Waals surface area contributed by atoms with Crippen molar-refractivity contribution in [1.29, 1.82) is 0 Å². The predicted molar refractivity (Wildman–Crippen MR) is 86.7 cm³/mol. The number of pyridine rings is 1. The number of aromatic amines is 1. The van der Waals surface area contributed by atoms with Gasteiger partial charge in [-0.15, -0.1) is 0 Å². The van der Waals surface area contributed by atoms with Gasteiger partial charge in [0.15, 0.2) is 0 Å². The highest BCUT2D eigenvalue weighted by atomic mass is 16.2. The molecule has 0 aromatic carbocycles. The van der Waals surface area contributed by atoms with E-state index in [-0.39, 0.29) is 5.91 Å². The Morgan fingerprint density at radius 1 is 1.36 bits per heavy atom. The zero-order valence-electron chi connectivity index (χ0n) is 13.1. The highest BCUT2D eigenvalue weighted by Crippen LogP contribution is 2.38. The van der Waals surface area contributed by atoms with Gasteiger partial charge in [0.1, 0.15) is 5.65 Å². The summed E-state index contributed by atoms with van der Waals surface area (Å²) in [7, 11) is 0. The first-order valence-corrected chi connectivity index (χ1v) is 8.47. The molecule has 0 spiro atoms. The number of hydrogen-bond donors (Lipinski definition) is 1. The minimum atomic E-state index is 0.184. The van der Waals surface area contributed by atoms with Crippen LogP contribution >= 0.6 is 0 Å². The van der Waals surface area contributed by atoms with Crippen molar-refractivity contribution in [2.24, 2.45) is 11.8 Å². The highest BCUT2D eigenvalue weighted by Gasteiger charge is 2.38. The van der Waals surface area contributed by atoms with E-state index in [0.29, 0.717) is 12.0 Å². The van der Waals surface area contributed by atoms with Crippen molar-refractivity contribution >= 4 is 16.9 Å². The lowest BCUT2D eigenvalue weighted by molar-refractivity contribution is 0.0323. The largest absolute Gasteiger partial charge is 0.345 e. The molecule has 0 unspecified atom stereocenters. The van der Waals surface area contributed by atoms with E-state index < -0.39 is 0 Å². The highest BCUT2D eigenvalue weighted by molar-refractivity contribution is 6.06. The predicted octanol–water partition coefficient (Wildman–Crippen LogP) is 3.60. The van der Waals surface area contributed by atoms with Gasteiger partial charge in [0.25, 0.3) is 5.91 Å². The van der Waals surface area contributed by atoms with Gasteiger partial charge < -0.3 is 9.88 Å². The Kier molecular flexibility index (Phi) is 3.40. The molecule has 1 N–H and O–H groups in total. The number of carbonyl (C=O) groups excluding carboxylic acids is 1. The summed E-state index contributed by atoms with van der Waals surface area (Å²) in [6.45, 7) is 3.25. The molecular formula is C18H23N3O. The van der Waals surface area contributed by atoms with Gasteiger partial charge in [-0.1, -0.05) is 6.92 Å². The summed E-state index contributed by atoms with van der Waals surface area (Å²) in [5.74, 6) is 1.70. The van der Waals surface area contributed by atoms with Crippen molar-refractivity contribution < 1.29 is 4.79 Å². The smallest absolute Gasteiger partial charge is 0.256 e. The molecule has 1 aliphatic heterocycles. The van der Waals surface area contributed by atoms with Crippen molar-refractivity contribution in [3.8, 4) is 0 Å². The number of nitrogens with zero attached hydrogens (tertiary/aromatic N) is 2. The van der Waals surface area contributed by atoms with E-state index in [9.17, 15) is 4.79 Å². The molecule has 1 amide bonds. The molecule has 2 aromatic heterocycles. The maximum absolute atomic E-state index is 13.1. The van der Waals surface area contributed by atoms with Crippen LogP contribution in [-0.2, 0) is 0 Å². The monoisotopic (exact) mass is 297 g/mol. The fourth-order valence-electron chi connectivity index (χ4n) is 4.43. The molecule has 1 saturated heterocycles. The van der Waals surface area contributed by atoms with E-state index >= 15 is 0 Å². The minimum Gasteiger partial charge on any atom is -0.345 e. The average molecular weight is 297 g/mol. The second kappa shape index (κ2) is 5.41. The Bertz CT molecular complexity index is 692. The molecule has 4 heteroatoms. The fourth-order valence-corrected chi connectivity index (χ4v) is 4.43. The first-order valence-electron chi connectivity index (χ1n) is 8.47. The van der Waals surface area contributed by atoms with Gasteiger partial charge in [-0.2, -0.15) is 0 Å². The third-order valence-electron chi connectivity index (χ3n) is 5.52. The number of fused-ring (bicyclic) bond motifs is 2. The van der Waals surface area contributed by atoms with Gasteiger partial charge in [-0.05, 0) is 56.1 Å². The Morgan fingerprint density at radius 2 is 2.27 bits per heavy atom. The quantitative estimate of drug-likeness (QED) is 0.874. The Morgan fingerprint density at radius 3 is 3.18 bits per heavy atom. The summed E-state index contributed by atoms with van der Waals surface area (Å²) in [5.41, 5.74) is 1.58. The Hall–Kier alpha value is -1.84. The van der Waals surface area contributed by atoms with Crippen molar-refractivity contribution in [1.82, 2.24) is 14.9 Å². The summed E-state index contributed by atoms with van der Waals surface area (Å²) in [5, 5.41) is 0.943. The second-order valence-corrected chi connectivity index (χ2v) is 6.99. The maximum atomic E-state index is 13.1. The van der Waals surface area contributed by atoms with Gasteiger partial charge in [0.05, 0.1) is 5.56 Å². The molecule has 1 aliphatic carbocycles. The van der Waals surface area contributed by atoms with E-state index in [0.717, 1.165) is 41.9 Å². The molecule has 2 aromatic rings. The Labute approximate surface area is 130 Å². The van der Waals surface area contributed by atoms with E-state index in [1.807, 2.05) is 18.3 Å². The van der Waals surface area contributed by atoms with Crippen molar-refractivity contribution in [3.05, 3.63) is 30.1 Å². The molecule has 22 heavy (non-hydrogen) atoms. The number of amides is 1. The first-order chi connectivity index (χ1) is 10.7. The van der Waals surface area contributed by atoms with Crippen LogP contribution in [0.15, 0.2) is 24.5 Å². The lowest BCUT2D eigenvalue weighted by Crippen LogP contribution is -2.50. The molecule has 116 valence electrons. The van der Waals surface area contributed by atoms with Crippen molar-refractivity contribution in [2.75, 3.05) is 6.54 Å². The number of rotatable bonds is 1. The van der Waals surface area contributed by atoms with Gasteiger partial charge in [0.2, 0.25) is 0 Å². The van der Waals surface area contributed by atoms with Crippen molar-refractivity contribution in [2.45, 2.75) is 45.1 Å². The van der Waals surface area contributed by atoms with Gasteiger partial charge in [-0.25, -0.2) is 4.98 Å². The zero-order valence-corrected chi connectivity index (χ0v) is 13.1. The van der Waals surface area contributed by atoms with E-state index in [2.05, 4.69) is 21.8 Å². The van der Waals surface area contributed by atoms with Crippen LogP contribution in [0.5, 0.6) is 0 Å². The molecule has 0 bridgehead atoms. The van der Waals surface area contributed by atoms with Crippen LogP contribution in [0.1, 0.15) is 49.4 Å². The van der Waals surface area contributed by atoms with Crippen LogP contribution in [-0.4, -0.2) is 33.4 Å². The molecule has 0 radical (unpaired) electrons. The third-order valence-corrected chi connectivity index (χ3v) is 5.52. The van der Waals surface area contributed by atoms with Crippen LogP contribution in [0.4, 0.5) is 0 Å². The van der Waals surface area contributed by atoms with Gasteiger partial charge in [-0.3, -0.25) is 4.79 Å².